The second kappa shape index (κ2) is 5.60. The number of rotatable bonds is 1. The second-order valence-electron chi connectivity index (χ2n) is 8.03. The van der Waals surface area contributed by atoms with Crippen LogP contribution in [0.3, 0.4) is 0 Å². The van der Waals surface area contributed by atoms with Gasteiger partial charge in [0.2, 0.25) is 0 Å². The summed E-state index contributed by atoms with van der Waals surface area (Å²) >= 11 is 0. The monoisotopic (exact) mass is 343 g/mol. The van der Waals surface area contributed by atoms with E-state index in [0.717, 1.165) is 29.7 Å². The van der Waals surface area contributed by atoms with Crippen molar-refractivity contribution >= 4 is 5.78 Å². The van der Waals surface area contributed by atoms with Gasteiger partial charge in [-0.05, 0) is 24.3 Å². The third kappa shape index (κ3) is 2.24. The lowest BCUT2D eigenvalue weighted by Gasteiger charge is -2.50. The number of carbonyl (C=O) groups excluding carboxylic acids is 1. The van der Waals surface area contributed by atoms with E-state index in [1.165, 1.54) is 0 Å². The van der Waals surface area contributed by atoms with Crippen LogP contribution >= 0.6 is 0 Å². The summed E-state index contributed by atoms with van der Waals surface area (Å²) < 4.78 is 0. The fraction of sp³-hybridized carbons (Fsp3) is 0.364. The number of hydrogen-bond acceptors (Lipinski definition) is 4. The summed E-state index contributed by atoms with van der Waals surface area (Å²) in [5.74, 6) is 0.752. The van der Waals surface area contributed by atoms with Gasteiger partial charge in [0.05, 0.1) is 11.3 Å². The summed E-state index contributed by atoms with van der Waals surface area (Å²) in [5, 5.41) is 9.51. The number of allylic oxidation sites excluding steroid dienone is 2. The van der Waals surface area contributed by atoms with Gasteiger partial charge in [-0.2, -0.15) is 5.26 Å². The second-order valence-corrected chi connectivity index (χ2v) is 8.03. The molecule has 2 unspecified atom stereocenters. The first kappa shape index (κ1) is 16.7. The molecule has 130 valence electrons. The van der Waals surface area contributed by atoms with E-state index in [0.29, 0.717) is 5.82 Å². The number of nitriles is 1. The Bertz CT molecular complexity index is 969. The fourth-order valence-corrected chi connectivity index (χ4v) is 4.78. The Labute approximate surface area is 153 Å². The molecule has 0 fully saturated rings. The Morgan fingerprint density at radius 1 is 1.19 bits per heavy atom. The van der Waals surface area contributed by atoms with Crippen LogP contribution < -0.4 is 0 Å². The minimum Gasteiger partial charge on any atom is -0.293 e. The van der Waals surface area contributed by atoms with Crippen LogP contribution in [0.15, 0.2) is 48.2 Å². The van der Waals surface area contributed by atoms with E-state index in [1.807, 2.05) is 56.5 Å². The molecule has 0 N–H and O–H groups in total. The van der Waals surface area contributed by atoms with Crippen LogP contribution in [-0.4, -0.2) is 15.8 Å². The molecule has 1 aromatic heterocycles. The number of Topliss-reactive ketones (excluding diaryl/α,β-unsaturated/α-hetero) is 1. The largest absolute Gasteiger partial charge is 0.293 e. The molecular formula is C22H21N3O. The normalized spacial score (nSPS) is 26.3. The molecule has 2 aliphatic carbocycles. The molecule has 26 heavy (non-hydrogen) atoms. The molecule has 0 aliphatic heterocycles. The smallest absolute Gasteiger partial charge is 0.178 e. The van der Waals surface area contributed by atoms with Gasteiger partial charge in [-0.1, -0.05) is 57.2 Å². The van der Waals surface area contributed by atoms with Crippen LogP contribution in [0.5, 0.6) is 0 Å². The Hall–Kier alpha value is -2.80. The number of fused-ring (bicyclic) bond motifs is 3. The number of nitrogens with zero attached hydrogens (tertiary/aromatic N) is 3. The fourth-order valence-electron chi connectivity index (χ4n) is 4.78. The first-order valence-electron chi connectivity index (χ1n) is 8.97. The molecule has 0 bridgehead atoms. The topological polar surface area (TPSA) is 66.6 Å². The average Bonchev–Trinajstić information content (AvgIpc) is 2.65. The zero-order valence-corrected chi connectivity index (χ0v) is 15.3. The van der Waals surface area contributed by atoms with Crippen molar-refractivity contribution in [3.63, 3.8) is 0 Å². The van der Waals surface area contributed by atoms with Gasteiger partial charge >= 0.3 is 0 Å². The number of ketones is 1. The van der Waals surface area contributed by atoms with Crippen LogP contribution in [-0.2, 0) is 16.6 Å². The number of benzene rings is 1. The third-order valence-electron chi connectivity index (χ3n) is 6.10. The summed E-state index contributed by atoms with van der Waals surface area (Å²) in [5.41, 5.74) is 2.27. The molecule has 4 nitrogen and oxygen atoms in total. The molecule has 0 amide bonds. The van der Waals surface area contributed by atoms with E-state index >= 15 is 0 Å². The van der Waals surface area contributed by atoms with Crippen molar-refractivity contribution in [3.05, 3.63) is 59.4 Å². The zero-order chi connectivity index (χ0) is 18.5. The van der Waals surface area contributed by atoms with Gasteiger partial charge in [-0.3, -0.25) is 4.79 Å². The van der Waals surface area contributed by atoms with Crippen LogP contribution in [0.1, 0.15) is 38.4 Å². The predicted octanol–water partition coefficient (Wildman–Crippen LogP) is 4.02. The van der Waals surface area contributed by atoms with Gasteiger partial charge in [0, 0.05) is 22.6 Å². The maximum absolute atomic E-state index is 12.8. The number of aryl methyl sites for hydroxylation is 1. The highest BCUT2D eigenvalue weighted by Crippen LogP contribution is 2.54. The first-order chi connectivity index (χ1) is 12.4. The average molecular weight is 343 g/mol. The Morgan fingerprint density at radius 2 is 1.92 bits per heavy atom. The highest BCUT2D eigenvalue weighted by atomic mass is 16.1. The van der Waals surface area contributed by atoms with Crippen molar-refractivity contribution in [3.8, 4) is 17.5 Å². The van der Waals surface area contributed by atoms with Gasteiger partial charge in [0.15, 0.2) is 11.6 Å². The molecule has 2 aliphatic rings. The van der Waals surface area contributed by atoms with Crippen molar-refractivity contribution in [2.75, 3.05) is 0 Å². The molecule has 2 atom stereocenters. The maximum atomic E-state index is 12.8. The standard InChI is InChI=1S/C22H21N3O/c1-21(2)17-10-9-15-13-24-20(14-7-5-4-6-8-14)25-18(15)22(17,3)11-16(12-23)19(21)26/h4-8,11,13,17H,9-10H2,1-3H3. The van der Waals surface area contributed by atoms with Crippen LogP contribution in [0, 0.1) is 22.7 Å². The van der Waals surface area contributed by atoms with Crippen molar-refractivity contribution in [1.82, 2.24) is 9.97 Å². The summed E-state index contributed by atoms with van der Waals surface area (Å²) in [6, 6.07) is 12.0. The maximum Gasteiger partial charge on any atom is 0.178 e. The highest BCUT2D eigenvalue weighted by Gasteiger charge is 2.54. The van der Waals surface area contributed by atoms with E-state index in [1.54, 1.807) is 0 Å². The SMILES string of the molecule is CC1(C)C(=O)C(C#N)=CC2(C)c3nc(-c4ccccc4)ncc3CCC12. The Balaban J connectivity index is 1.94. The Kier molecular flexibility index (Phi) is 3.59. The molecule has 4 rings (SSSR count). The number of carbonyl (C=O) groups is 1. The van der Waals surface area contributed by atoms with E-state index in [2.05, 4.69) is 18.0 Å². The molecular weight excluding hydrogens is 322 g/mol. The first-order valence-corrected chi connectivity index (χ1v) is 8.97. The zero-order valence-electron chi connectivity index (χ0n) is 15.3. The molecule has 1 heterocycles. The molecule has 1 aromatic carbocycles. The summed E-state index contributed by atoms with van der Waals surface area (Å²) in [7, 11) is 0. The Morgan fingerprint density at radius 3 is 2.62 bits per heavy atom. The molecule has 0 spiro atoms. The highest BCUT2D eigenvalue weighted by molar-refractivity contribution is 6.04. The van der Waals surface area contributed by atoms with Gasteiger partial charge in [-0.15, -0.1) is 0 Å². The van der Waals surface area contributed by atoms with Crippen molar-refractivity contribution in [2.45, 2.75) is 39.0 Å². The third-order valence-corrected chi connectivity index (χ3v) is 6.10. The summed E-state index contributed by atoms with van der Waals surface area (Å²) in [6.07, 6.45) is 5.52. The molecule has 0 saturated carbocycles. The lowest BCUT2D eigenvalue weighted by molar-refractivity contribution is -0.128. The van der Waals surface area contributed by atoms with Gasteiger partial charge < -0.3 is 0 Å². The van der Waals surface area contributed by atoms with Crippen molar-refractivity contribution in [1.29, 1.82) is 5.26 Å². The van der Waals surface area contributed by atoms with Crippen LogP contribution in [0.4, 0.5) is 0 Å². The molecule has 4 heteroatoms. The molecule has 0 radical (unpaired) electrons. The quantitative estimate of drug-likeness (QED) is 0.784. The minimum absolute atomic E-state index is 0.0525. The number of hydrogen-bond donors (Lipinski definition) is 0. The molecule has 0 saturated heterocycles. The van der Waals surface area contributed by atoms with Crippen molar-refractivity contribution < 1.29 is 4.79 Å². The van der Waals surface area contributed by atoms with E-state index in [9.17, 15) is 10.1 Å². The van der Waals surface area contributed by atoms with E-state index in [4.69, 9.17) is 4.98 Å². The van der Waals surface area contributed by atoms with Crippen molar-refractivity contribution in [2.24, 2.45) is 11.3 Å². The lowest BCUT2D eigenvalue weighted by atomic mass is 9.52. The van der Waals surface area contributed by atoms with E-state index < -0.39 is 10.8 Å². The van der Waals surface area contributed by atoms with E-state index in [-0.39, 0.29) is 17.3 Å². The predicted molar refractivity (Wildman–Crippen MR) is 99.1 cm³/mol. The van der Waals surface area contributed by atoms with Gasteiger partial charge in [0.25, 0.3) is 0 Å². The summed E-state index contributed by atoms with van der Waals surface area (Å²) in [6.45, 7) is 6.04. The van der Waals surface area contributed by atoms with Crippen LogP contribution in [0.25, 0.3) is 11.4 Å². The summed E-state index contributed by atoms with van der Waals surface area (Å²) in [4.78, 5) is 22.2. The number of aromatic nitrogens is 2. The minimum atomic E-state index is -0.579. The molecule has 2 aromatic rings. The van der Waals surface area contributed by atoms with Gasteiger partial charge in [-0.25, -0.2) is 9.97 Å². The van der Waals surface area contributed by atoms with Gasteiger partial charge in [0.1, 0.15) is 6.07 Å². The lowest BCUT2D eigenvalue weighted by Crippen LogP contribution is -2.51. The van der Waals surface area contributed by atoms with Crippen LogP contribution in [0.2, 0.25) is 0 Å².